The largest absolute Gasteiger partial charge is 0.370 e. The highest BCUT2D eigenvalue weighted by Crippen LogP contribution is 2.18. The number of amides is 4. The Kier molecular flexibility index (Phi) is 23.8. The van der Waals surface area contributed by atoms with Gasteiger partial charge >= 0.3 is 0 Å². The minimum atomic E-state index is -2.11. The van der Waals surface area contributed by atoms with Gasteiger partial charge < -0.3 is 54.8 Å². The average Bonchev–Trinajstić information content (AvgIpc) is 3.37. The second-order valence-electron chi connectivity index (χ2n) is 17.1. The maximum Gasteiger partial charge on any atom is 0.243 e. The summed E-state index contributed by atoms with van der Waals surface area (Å²) in [7, 11) is 0. The van der Waals surface area contributed by atoms with Gasteiger partial charge in [0.2, 0.25) is 23.6 Å². The number of nitrogens with two attached hydrogens (primary N) is 4. The first kappa shape index (κ1) is 57.4. The van der Waals surface area contributed by atoms with Gasteiger partial charge in [0, 0.05) is 25.9 Å². The molecule has 4 rings (SSSR count). The highest BCUT2D eigenvalue weighted by molar-refractivity contribution is 6.53. The summed E-state index contributed by atoms with van der Waals surface area (Å²) >= 11 is 13.2. The Morgan fingerprint density at radius 1 is 0.417 bits per heavy atom. The van der Waals surface area contributed by atoms with E-state index in [0.29, 0.717) is 11.1 Å². The fraction of sp³-hybridized carbons (Fsp3) is 0.353. The lowest BCUT2D eigenvalue weighted by atomic mass is 9.95. The van der Waals surface area contributed by atoms with Crippen molar-refractivity contribution in [3.05, 3.63) is 144 Å². The van der Waals surface area contributed by atoms with Gasteiger partial charge in [-0.2, -0.15) is 0 Å². The summed E-state index contributed by atoms with van der Waals surface area (Å²) < 4.78 is 0. The molecule has 0 bridgehead atoms. The molecule has 72 heavy (non-hydrogen) atoms. The maximum atomic E-state index is 14.3. The van der Waals surface area contributed by atoms with E-state index in [9.17, 15) is 33.6 Å². The summed E-state index contributed by atoms with van der Waals surface area (Å²) in [5, 5.41) is 26.7. The molecule has 0 heterocycles. The van der Waals surface area contributed by atoms with E-state index < -0.39 is 88.0 Å². The van der Waals surface area contributed by atoms with Gasteiger partial charge in [0.25, 0.3) is 0 Å². The number of Topliss-reactive ketones (excluding diaryl/α,β-unsaturated/α-hetero) is 3. The number of nitrogens with one attached hydrogen (secondary N) is 8. The van der Waals surface area contributed by atoms with E-state index >= 15 is 0 Å². The van der Waals surface area contributed by atoms with Gasteiger partial charge in [0.15, 0.2) is 40.0 Å². The summed E-state index contributed by atoms with van der Waals surface area (Å²) in [4.78, 5) is 97.8. The molecule has 0 saturated carbocycles. The van der Waals surface area contributed by atoms with Crippen molar-refractivity contribution in [1.82, 2.24) is 31.9 Å². The van der Waals surface area contributed by atoms with Crippen LogP contribution in [0.25, 0.3) is 0 Å². The normalized spacial score (nSPS) is 14.3. The van der Waals surface area contributed by atoms with Gasteiger partial charge in [0.05, 0.1) is 24.2 Å². The predicted octanol–water partition coefficient (Wildman–Crippen LogP) is 1.000. The Labute approximate surface area is 428 Å². The molecule has 0 spiro atoms. The third kappa shape index (κ3) is 19.5. The Bertz CT molecular complexity index is 2270. The lowest BCUT2D eigenvalue weighted by Gasteiger charge is -2.27. The highest BCUT2D eigenvalue weighted by atomic mass is 35.5. The zero-order chi connectivity index (χ0) is 52.6. The minimum absolute atomic E-state index is 0.0177. The van der Waals surface area contributed by atoms with Crippen LogP contribution in [-0.2, 0) is 59.2 Å². The Morgan fingerprint density at radius 3 is 0.986 bits per heavy atom. The summed E-state index contributed by atoms with van der Waals surface area (Å²) in [6.07, 6.45) is 0.246. The molecule has 4 aromatic carbocycles. The van der Waals surface area contributed by atoms with Gasteiger partial charge in [-0.1, -0.05) is 121 Å². The second-order valence-corrected chi connectivity index (χ2v) is 18.0. The Hall–Kier alpha value is -7.19. The molecule has 0 saturated heterocycles. The van der Waals surface area contributed by atoms with Crippen LogP contribution in [-0.4, -0.2) is 113 Å². The molecule has 8 atom stereocenters. The number of hydrogen-bond acceptors (Lipinski definition) is 11. The molecule has 0 aliphatic rings. The van der Waals surface area contributed by atoms with Crippen LogP contribution in [0.4, 0.5) is 0 Å². The van der Waals surface area contributed by atoms with Crippen molar-refractivity contribution in [2.75, 3.05) is 13.1 Å². The summed E-state index contributed by atoms with van der Waals surface area (Å²) in [6.45, 7) is 0.158. The van der Waals surface area contributed by atoms with Gasteiger partial charge in [-0.25, -0.2) is 0 Å². The molecule has 0 aliphatic carbocycles. The topological polar surface area (TPSA) is 343 Å². The fourth-order valence-electron chi connectivity index (χ4n) is 7.53. The van der Waals surface area contributed by atoms with Crippen molar-refractivity contribution in [2.24, 2.45) is 22.9 Å². The van der Waals surface area contributed by atoms with Crippen molar-refractivity contribution in [1.29, 1.82) is 10.8 Å². The number of alkyl halides is 2. The first-order chi connectivity index (χ1) is 34.4. The fourth-order valence-corrected chi connectivity index (χ4v) is 8.15. The SMILES string of the molecule is N=C(N)NCCC[C@H](NC(=O)[C@H](Cc1ccccc1)NC(=O)[C@H](N)Cc1ccccc1)C(=O)C(Cl)C(=O)C(Cl)C(=O)[C@H](CCCNC(=N)N)NC(=O)[C@H](Cc1ccccc1)NC(=O)[C@H](N)Cc1ccccc1. The Balaban J connectivity index is 1.56. The lowest BCUT2D eigenvalue weighted by Crippen LogP contribution is -2.57. The number of carbonyl (C=O) groups excluding carboxylic acids is 7. The van der Waals surface area contributed by atoms with E-state index in [1.807, 2.05) is 36.4 Å². The third-order valence-corrected chi connectivity index (χ3v) is 12.3. The number of rotatable bonds is 30. The van der Waals surface area contributed by atoms with Crippen molar-refractivity contribution >= 4 is 76.1 Å². The zero-order valence-corrected chi connectivity index (χ0v) is 41.2. The predicted molar refractivity (Wildman–Crippen MR) is 277 cm³/mol. The standard InChI is InChI=1S/C51H64Cl2N12O7/c52-41(43(66)37(23-13-25-60-50(56)57)62-48(71)39(29-33-19-9-3-10-20-33)64-46(69)35(54)27-31-15-5-1-6-16-31)45(68)42(53)44(67)38(24-14-26-61-51(58)59)63-49(72)40(30-34-21-11-4-12-22-34)65-47(70)36(55)28-32-17-7-2-8-18-32/h1-12,15-22,35-42H,13-14,23-30,54-55H2,(H,62,71)(H,63,72)(H,64,69)(H,65,70)(H4,56,57,60)(H4,58,59,61)/t35-,36-,37+,38+,39+,40+,41?,42?/m1/s1. The van der Waals surface area contributed by atoms with E-state index in [2.05, 4.69) is 31.9 Å². The number of halogens is 2. The van der Waals surface area contributed by atoms with Gasteiger partial charge in [-0.15, -0.1) is 23.2 Å². The quantitative estimate of drug-likeness (QED) is 0.0114. The average molecular weight is 1030 g/mol. The number of benzene rings is 4. The molecule has 0 aromatic heterocycles. The van der Waals surface area contributed by atoms with E-state index in [4.69, 9.17) is 57.0 Å². The lowest BCUT2D eigenvalue weighted by molar-refractivity contribution is -0.135. The number of ketones is 3. The zero-order valence-electron chi connectivity index (χ0n) is 39.7. The molecule has 0 fully saturated rings. The van der Waals surface area contributed by atoms with E-state index in [0.717, 1.165) is 11.1 Å². The van der Waals surface area contributed by atoms with Crippen LogP contribution in [0.15, 0.2) is 121 Å². The van der Waals surface area contributed by atoms with Crippen LogP contribution in [0.5, 0.6) is 0 Å². The van der Waals surface area contributed by atoms with Crippen molar-refractivity contribution in [2.45, 2.75) is 98.4 Å². The van der Waals surface area contributed by atoms with Crippen LogP contribution >= 0.6 is 23.2 Å². The maximum absolute atomic E-state index is 14.3. The Morgan fingerprint density at radius 2 is 0.694 bits per heavy atom. The first-order valence-electron chi connectivity index (χ1n) is 23.4. The molecular formula is C51H64Cl2N12O7. The molecule has 21 heteroatoms. The number of hydrogen-bond donors (Lipinski definition) is 12. The molecular weight excluding hydrogens is 964 g/mol. The smallest absolute Gasteiger partial charge is 0.243 e. The summed E-state index contributed by atoms with van der Waals surface area (Å²) in [6, 6.07) is 28.0. The van der Waals surface area contributed by atoms with Crippen molar-refractivity contribution in [3.8, 4) is 0 Å². The molecule has 0 aliphatic heterocycles. The molecule has 4 aromatic rings. The molecule has 0 radical (unpaired) electrons. The van der Waals surface area contributed by atoms with E-state index in [1.165, 1.54) is 0 Å². The van der Waals surface area contributed by atoms with Crippen molar-refractivity contribution < 1.29 is 33.6 Å². The highest BCUT2D eigenvalue weighted by Gasteiger charge is 2.41. The summed E-state index contributed by atoms with van der Waals surface area (Å²) in [5.41, 5.74) is 26.4. The monoisotopic (exact) mass is 1030 g/mol. The van der Waals surface area contributed by atoms with Gasteiger partial charge in [-0.3, -0.25) is 44.4 Å². The van der Waals surface area contributed by atoms with Crippen molar-refractivity contribution in [3.63, 3.8) is 0 Å². The number of guanidine groups is 2. The van der Waals surface area contributed by atoms with Crippen LogP contribution in [0, 0.1) is 10.8 Å². The molecule has 16 N–H and O–H groups in total. The molecule has 4 amide bonds. The van der Waals surface area contributed by atoms with Crippen LogP contribution < -0.4 is 54.8 Å². The molecule has 2 unspecified atom stereocenters. The van der Waals surface area contributed by atoms with Gasteiger partial charge in [0.1, 0.15) is 12.1 Å². The molecule has 19 nitrogen and oxygen atoms in total. The third-order valence-electron chi connectivity index (χ3n) is 11.4. The second kappa shape index (κ2) is 29.9. The number of carbonyl (C=O) groups is 7. The minimum Gasteiger partial charge on any atom is -0.370 e. The molecule has 384 valence electrons. The summed E-state index contributed by atoms with van der Waals surface area (Å²) in [5.74, 6) is -6.94. The van der Waals surface area contributed by atoms with Crippen LogP contribution in [0.1, 0.15) is 47.9 Å². The van der Waals surface area contributed by atoms with Crippen LogP contribution in [0.3, 0.4) is 0 Å². The van der Waals surface area contributed by atoms with Crippen LogP contribution in [0.2, 0.25) is 0 Å². The first-order valence-corrected chi connectivity index (χ1v) is 24.2. The van der Waals surface area contributed by atoms with E-state index in [-0.39, 0.29) is 76.4 Å². The van der Waals surface area contributed by atoms with E-state index in [1.54, 1.807) is 84.9 Å². The van der Waals surface area contributed by atoms with Gasteiger partial charge in [-0.05, 0) is 60.8 Å².